The lowest BCUT2D eigenvalue weighted by Gasteiger charge is -1.97. The summed E-state index contributed by atoms with van der Waals surface area (Å²) in [6.45, 7) is 5.96. The quantitative estimate of drug-likeness (QED) is 0.720. The van der Waals surface area contributed by atoms with Gasteiger partial charge in [-0.15, -0.1) is 0 Å². The Morgan fingerprint density at radius 3 is 2.69 bits per heavy atom. The van der Waals surface area contributed by atoms with Crippen molar-refractivity contribution in [2.45, 2.75) is 27.2 Å². The summed E-state index contributed by atoms with van der Waals surface area (Å²) < 4.78 is 4.85. The number of nitrogens with zero attached hydrogens (tertiary/aromatic N) is 1. The largest absolute Gasteiger partial charge is 0.461 e. The fourth-order valence-corrected chi connectivity index (χ4v) is 1.09. The van der Waals surface area contributed by atoms with Gasteiger partial charge < -0.3 is 9.72 Å². The van der Waals surface area contributed by atoms with Crippen molar-refractivity contribution in [3.8, 4) is 0 Å². The maximum atomic E-state index is 11.3. The van der Waals surface area contributed by atoms with Crippen LogP contribution in [-0.4, -0.2) is 22.5 Å². The van der Waals surface area contributed by atoms with E-state index in [1.54, 1.807) is 6.92 Å². The third-order valence-electron chi connectivity index (χ3n) is 1.74. The summed E-state index contributed by atoms with van der Waals surface area (Å²) in [5, 5.41) is 0. The zero-order valence-electron chi connectivity index (χ0n) is 8.18. The maximum absolute atomic E-state index is 11.3. The minimum absolute atomic E-state index is 0.351. The van der Waals surface area contributed by atoms with Gasteiger partial charge in [0.2, 0.25) is 0 Å². The molecule has 1 rings (SSSR count). The van der Waals surface area contributed by atoms with Crippen LogP contribution in [-0.2, 0) is 11.2 Å². The summed E-state index contributed by atoms with van der Waals surface area (Å²) in [4.78, 5) is 18.4. The molecule has 13 heavy (non-hydrogen) atoms. The molecular formula is C9H14N2O2. The van der Waals surface area contributed by atoms with Gasteiger partial charge >= 0.3 is 5.97 Å². The van der Waals surface area contributed by atoms with Crippen molar-refractivity contribution in [2.24, 2.45) is 0 Å². The van der Waals surface area contributed by atoms with Gasteiger partial charge in [-0.2, -0.15) is 0 Å². The third kappa shape index (κ3) is 2.08. The summed E-state index contributed by atoms with van der Waals surface area (Å²) in [5.41, 5.74) is 1.18. The van der Waals surface area contributed by atoms with Crippen LogP contribution < -0.4 is 0 Å². The molecule has 0 aliphatic carbocycles. The zero-order chi connectivity index (χ0) is 9.84. The van der Waals surface area contributed by atoms with Crippen molar-refractivity contribution in [1.82, 2.24) is 9.97 Å². The van der Waals surface area contributed by atoms with Crippen LogP contribution >= 0.6 is 0 Å². The monoisotopic (exact) mass is 182 g/mol. The number of carbonyl (C=O) groups is 1. The van der Waals surface area contributed by atoms with Crippen molar-refractivity contribution in [3.05, 3.63) is 17.2 Å². The number of H-pyrrole nitrogens is 1. The van der Waals surface area contributed by atoms with Crippen LogP contribution in [0.5, 0.6) is 0 Å². The van der Waals surface area contributed by atoms with E-state index in [1.165, 1.54) is 0 Å². The number of imidazole rings is 1. The van der Waals surface area contributed by atoms with Crippen molar-refractivity contribution >= 4 is 5.97 Å². The van der Waals surface area contributed by atoms with Crippen molar-refractivity contribution in [1.29, 1.82) is 0 Å². The molecule has 1 N–H and O–H groups in total. The van der Waals surface area contributed by atoms with Crippen molar-refractivity contribution in [2.75, 3.05) is 6.61 Å². The predicted molar refractivity (Wildman–Crippen MR) is 48.7 cm³/mol. The van der Waals surface area contributed by atoms with Crippen LogP contribution in [0.4, 0.5) is 0 Å². The Labute approximate surface area is 77.3 Å². The average Bonchev–Trinajstić information content (AvgIpc) is 2.47. The Bertz CT molecular complexity index is 305. The molecule has 0 aliphatic heterocycles. The Balaban J connectivity index is 2.87. The molecule has 0 amide bonds. The number of aromatic nitrogens is 2. The van der Waals surface area contributed by atoms with Crippen molar-refractivity contribution < 1.29 is 9.53 Å². The molecule has 0 spiro atoms. The number of aryl methyl sites for hydroxylation is 2. The molecule has 1 aromatic heterocycles. The van der Waals surface area contributed by atoms with Crippen LogP contribution in [0.2, 0.25) is 0 Å². The molecule has 0 bridgehead atoms. The van der Waals surface area contributed by atoms with Gasteiger partial charge in [0.1, 0.15) is 5.82 Å². The lowest BCUT2D eigenvalue weighted by molar-refractivity contribution is 0.0519. The molecule has 1 heterocycles. The molecule has 4 heteroatoms. The second-order valence-electron chi connectivity index (χ2n) is 2.73. The highest BCUT2D eigenvalue weighted by atomic mass is 16.5. The van der Waals surface area contributed by atoms with Gasteiger partial charge in [-0.05, 0) is 13.8 Å². The normalized spacial score (nSPS) is 10.1. The SMILES string of the molecule is CCOC(=O)c1nc(CC)[nH]c1C. The number of nitrogens with one attached hydrogen (secondary N) is 1. The van der Waals surface area contributed by atoms with Crippen LogP contribution in [0.25, 0.3) is 0 Å². The Morgan fingerprint density at radius 2 is 2.23 bits per heavy atom. The molecule has 72 valence electrons. The van der Waals surface area contributed by atoms with Crippen molar-refractivity contribution in [3.63, 3.8) is 0 Å². The smallest absolute Gasteiger partial charge is 0.358 e. The Morgan fingerprint density at radius 1 is 1.54 bits per heavy atom. The first-order chi connectivity index (χ1) is 6.19. The Hall–Kier alpha value is -1.32. The number of hydrogen-bond acceptors (Lipinski definition) is 3. The van der Waals surface area contributed by atoms with E-state index in [9.17, 15) is 4.79 Å². The summed E-state index contributed by atoms with van der Waals surface area (Å²) in [6, 6.07) is 0. The standard InChI is InChI=1S/C9H14N2O2/c1-4-7-10-6(3)8(11-7)9(12)13-5-2/h4-5H2,1-3H3,(H,10,11). The van der Waals surface area contributed by atoms with E-state index >= 15 is 0 Å². The molecule has 0 fully saturated rings. The molecule has 0 unspecified atom stereocenters. The first kappa shape index (κ1) is 9.77. The van der Waals surface area contributed by atoms with E-state index in [-0.39, 0.29) is 5.97 Å². The minimum Gasteiger partial charge on any atom is -0.461 e. The van der Waals surface area contributed by atoms with E-state index in [0.29, 0.717) is 12.3 Å². The van der Waals surface area contributed by atoms with Gasteiger partial charge in [0.15, 0.2) is 5.69 Å². The highest BCUT2D eigenvalue weighted by molar-refractivity contribution is 5.88. The number of carbonyl (C=O) groups excluding carboxylic acids is 1. The number of aromatic amines is 1. The third-order valence-corrected chi connectivity index (χ3v) is 1.74. The highest BCUT2D eigenvalue weighted by Gasteiger charge is 2.14. The van der Waals surface area contributed by atoms with E-state index in [0.717, 1.165) is 17.9 Å². The van der Waals surface area contributed by atoms with Gasteiger partial charge in [-0.3, -0.25) is 0 Å². The summed E-state index contributed by atoms with van der Waals surface area (Å²) in [6.07, 6.45) is 0.792. The summed E-state index contributed by atoms with van der Waals surface area (Å²) in [5.74, 6) is 0.469. The zero-order valence-corrected chi connectivity index (χ0v) is 8.18. The molecule has 0 aromatic carbocycles. The fourth-order valence-electron chi connectivity index (χ4n) is 1.09. The van der Waals surface area contributed by atoms with Crippen LogP contribution in [0.3, 0.4) is 0 Å². The van der Waals surface area contributed by atoms with E-state index in [4.69, 9.17) is 4.74 Å². The number of hydrogen-bond donors (Lipinski definition) is 1. The second-order valence-corrected chi connectivity index (χ2v) is 2.73. The Kier molecular flexibility index (Phi) is 3.06. The lowest BCUT2D eigenvalue weighted by atomic mass is 10.3. The van der Waals surface area contributed by atoms with Crippen LogP contribution in [0.15, 0.2) is 0 Å². The number of esters is 1. The molecule has 0 saturated heterocycles. The maximum Gasteiger partial charge on any atom is 0.358 e. The van der Waals surface area contributed by atoms with Crippen LogP contribution in [0.1, 0.15) is 35.9 Å². The summed E-state index contributed by atoms with van der Waals surface area (Å²) in [7, 11) is 0. The number of ether oxygens (including phenoxy) is 1. The van der Waals surface area contributed by atoms with Gasteiger partial charge in [0.25, 0.3) is 0 Å². The lowest BCUT2D eigenvalue weighted by Crippen LogP contribution is -2.06. The van der Waals surface area contributed by atoms with Crippen LogP contribution in [0, 0.1) is 6.92 Å². The average molecular weight is 182 g/mol. The van der Waals surface area contributed by atoms with Gasteiger partial charge in [-0.1, -0.05) is 6.92 Å². The predicted octanol–water partition coefficient (Wildman–Crippen LogP) is 1.46. The van der Waals surface area contributed by atoms with E-state index in [2.05, 4.69) is 9.97 Å². The minimum atomic E-state index is -0.351. The van der Waals surface area contributed by atoms with Gasteiger partial charge in [-0.25, -0.2) is 9.78 Å². The molecule has 4 nitrogen and oxygen atoms in total. The van der Waals surface area contributed by atoms with E-state index < -0.39 is 0 Å². The molecule has 0 radical (unpaired) electrons. The highest BCUT2D eigenvalue weighted by Crippen LogP contribution is 2.06. The second kappa shape index (κ2) is 4.07. The first-order valence-corrected chi connectivity index (χ1v) is 4.41. The number of rotatable bonds is 3. The molecule has 1 aromatic rings. The molecular weight excluding hydrogens is 168 g/mol. The van der Waals surface area contributed by atoms with Gasteiger partial charge in [0.05, 0.1) is 6.61 Å². The topological polar surface area (TPSA) is 55.0 Å². The molecule has 0 aliphatic rings. The fraction of sp³-hybridized carbons (Fsp3) is 0.556. The van der Waals surface area contributed by atoms with Gasteiger partial charge in [0, 0.05) is 12.1 Å². The molecule has 0 atom stereocenters. The van der Waals surface area contributed by atoms with E-state index in [1.807, 2.05) is 13.8 Å². The summed E-state index contributed by atoms with van der Waals surface area (Å²) >= 11 is 0. The molecule has 0 saturated carbocycles. The first-order valence-electron chi connectivity index (χ1n) is 4.41.